The minimum atomic E-state index is -0.365. The van der Waals surface area contributed by atoms with Crippen LogP contribution in [0.4, 0.5) is 0 Å². The van der Waals surface area contributed by atoms with E-state index in [-0.39, 0.29) is 11.3 Å². The molecule has 0 saturated heterocycles. The molecule has 4 heteroatoms. The third-order valence-electron chi connectivity index (χ3n) is 2.49. The highest BCUT2D eigenvalue weighted by Crippen LogP contribution is 2.13. The summed E-state index contributed by atoms with van der Waals surface area (Å²) in [6.07, 6.45) is 0.959. The van der Waals surface area contributed by atoms with Gasteiger partial charge in [-0.25, -0.2) is 0 Å². The van der Waals surface area contributed by atoms with E-state index in [9.17, 15) is 4.79 Å². The number of hydrogen-bond donors (Lipinski definition) is 2. The van der Waals surface area contributed by atoms with Crippen LogP contribution in [0.25, 0.3) is 0 Å². The molecule has 0 radical (unpaired) electrons. The summed E-state index contributed by atoms with van der Waals surface area (Å²) >= 11 is 0. The van der Waals surface area contributed by atoms with E-state index in [4.69, 9.17) is 4.74 Å². The molecule has 4 nitrogen and oxygen atoms in total. The lowest BCUT2D eigenvalue weighted by Crippen LogP contribution is -2.44. The van der Waals surface area contributed by atoms with Gasteiger partial charge in [-0.15, -0.1) is 0 Å². The number of amides is 1. The van der Waals surface area contributed by atoms with Gasteiger partial charge < -0.3 is 15.4 Å². The number of ether oxygens (including phenoxy) is 1. The van der Waals surface area contributed by atoms with Gasteiger partial charge in [0.1, 0.15) is 0 Å². The van der Waals surface area contributed by atoms with E-state index in [1.165, 1.54) is 0 Å². The van der Waals surface area contributed by atoms with Gasteiger partial charge in [-0.05, 0) is 27.2 Å². The van der Waals surface area contributed by atoms with Crippen molar-refractivity contribution in [3.8, 4) is 0 Å². The van der Waals surface area contributed by atoms with E-state index < -0.39 is 0 Å². The van der Waals surface area contributed by atoms with Gasteiger partial charge in [0.05, 0.1) is 5.41 Å². The Bertz CT molecular complexity index is 193. The Balaban J connectivity index is 3.87. The fourth-order valence-electron chi connectivity index (χ4n) is 1.24. The highest BCUT2D eigenvalue weighted by molar-refractivity contribution is 5.81. The molecule has 1 atom stereocenters. The lowest BCUT2D eigenvalue weighted by Gasteiger charge is -2.25. The molecule has 1 unspecified atom stereocenters. The van der Waals surface area contributed by atoms with Crippen molar-refractivity contribution in [1.82, 2.24) is 10.6 Å². The monoisotopic (exact) mass is 216 g/mol. The van der Waals surface area contributed by atoms with Gasteiger partial charge in [-0.3, -0.25) is 4.79 Å². The van der Waals surface area contributed by atoms with Crippen LogP contribution in [0.2, 0.25) is 0 Å². The summed E-state index contributed by atoms with van der Waals surface area (Å²) in [5.74, 6) is 0.0638. The third kappa shape index (κ3) is 5.74. The summed E-state index contributed by atoms with van der Waals surface area (Å²) in [5.41, 5.74) is -0.365. The predicted molar refractivity (Wildman–Crippen MR) is 61.8 cm³/mol. The maximum Gasteiger partial charge on any atom is 0.226 e. The second-order valence-corrected chi connectivity index (χ2v) is 4.53. The largest absolute Gasteiger partial charge is 0.385 e. The molecule has 2 N–H and O–H groups in total. The molecular weight excluding hydrogens is 192 g/mol. The minimum absolute atomic E-state index is 0.0638. The Morgan fingerprint density at radius 3 is 2.53 bits per heavy atom. The highest BCUT2D eigenvalue weighted by Gasteiger charge is 2.26. The van der Waals surface area contributed by atoms with Crippen molar-refractivity contribution in [3.63, 3.8) is 0 Å². The topological polar surface area (TPSA) is 50.4 Å². The molecule has 0 saturated carbocycles. The Morgan fingerprint density at radius 1 is 1.47 bits per heavy atom. The fourth-order valence-corrected chi connectivity index (χ4v) is 1.24. The van der Waals surface area contributed by atoms with Gasteiger partial charge in [0.15, 0.2) is 0 Å². The molecule has 0 heterocycles. The zero-order valence-corrected chi connectivity index (χ0v) is 10.5. The van der Waals surface area contributed by atoms with Gasteiger partial charge in [-0.2, -0.15) is 0 Å². The molecular formula is C11H24N2O2. The Labute approximate surface area is 92.8 Å². The van der Waals surface area contributed by atoms with E-state index in [1.54, 1.807) is 14.2 Å². The number of carbonyl (C=O) groups excluding carboxylic acids is 1. The highest BCUT2D eigenvalue weighted by atomic mass is 16.5. The van der Waals surface area contributed by atoms with Crippen molar-refractivity contribution in [2.24, 2.45) is 5.41 Å². The molecule has 0 aromatic carbocycles. The van der Waals surface area contributed by atoms with Crippen molar-refractivity contribution in [2.75, 3.05) is 27.3 Å². The second kappa shape index (κ2) is 6.80. The van der Waals surface area contributed by atoms with Crippen LogP contribution in [0.5, 0.6) is 0 Å². The minimum Gasteiger partial charge on any atom is -0.385 e. The third-order valence-corrected chi connectivity index (χ3v) is 2.49. The van der Waals surface area contributed by atoms with Crippen LogP contribution >= 0.6 is 0 Å². The number of nitrogens with one attached hydrogen (secondary N) is 2. The van der Waals surface area contributed by atoms with Gasteiger partial charge in [0, 0.05) is 33.4 Å². The Morgan fingerprint density at radius 2 is 2.07 bits per heavy atom. The van der Waals surface area contributed by atoms with E-state index in [2.05, 4.69) is 17.6 Å². The molecule has 0 spiro atoms. The SMILES string of the molecule is CNC(=O)C(C)(C)CNC(C)CCOC. The maximum atomic E-state index is 11.5. The molecule has 15 heavy (non-hydrogen) atoms. The summed E-state index contributed by atoms with van der Waals surface area (Å²) < 4.78 is 4.99. The number of methoxy groups -OCH3 is 1. The number of carbonyl (C=O) groups is 1. The maximum absolute atomic E-state index is 11.5. The van der Waals surface area contributed by atoms with E-state index >= 15 is 0 Å². The zero-order valence-electron chi connectivity index (χ0n) is 10.5. The summed E-state index contributed by atoms with van der Waals surface area (Å²) in [7, 11) is 3.36. The van der Waals surface area contributed by atoms with Crippen molar-refractivity contribution < 1.29 is 9.53 Å². The molecule has 90 valence electrons. The van der Waals surface area contributed by atoms with Crippen molar-refractivity contribution in [2.45, 2.75) is 33.2 Å². The van der Waals surface area contributed by atoms with Crippen molar-refractivity contribution in [1.29, 1.82) is 0 Å². The van der Waals surface area contributed by atoms with E-state index in [0.29, 0.717) is 12.6 Å². The summed E-state index contributed by atoms with van der Waals surface area (Å²) in [6.45, 7) is 7.38. The standard InChI is InChI=1S/C11H24N2O2/c1-9(6-7-15-5)13-8-11(2,3)10(14)12-4/h9,13H,6-8H2,1-5H3,(H,12,14). The normalized spacial score (nSPS) is 13.7. The lowest BCUT2D eigenvalue weighted by molar-refractivity contribution is -0.128. The molecule has 0 aliphatic rings. The molecule has 0 aliphatic carbocycles. The second-order valence-electron chi connectivity index (χ2n) is 4.53. The molecule has 0 aliphatic heterocycles. The van der Waals surface area contributed by atoms with E-state index in [0.717, 1.165) is 13.0 Å². The Kier molecular flexibility index (Phi) is 6.52. The molecule has 0 bridgehead atoms. The van der Waals surface area contributed by atoms with Crippen LogP contribution in [-0.4, -0.2) is 39.3 Å². The van der Waals surface area contributed by atoms with E-state index in [1.807, 2.05) is 13.8 Å². The first kappa shape index (κ1) is 14.4. The van der Waals surface area contributed by atoms with Crippen LogP contribution in [0.3, 0.4) is 0 Å². The van der Waals surface area contributed by atoms with Gasteiger partial charge in [0.25, 0.3) is 0 Å². The first-order valence-electron chi connectivity index (χ1n) is 5.38. The van der Waals surface area contributed by atoms with Crippen molar-refractivity contribution in [3.05, 3.63) is 0 Å². The molecule has 1 amide bonds. The van der Waals surface area contributed by atoms with Crippen LogP contribution in [0, 0.1) is 5.41 Å². The van der Waals surface area contributed by atoms with Crippen LogP contribution < -0.4 is 10.6 Å². The number of rotatable bonds is 7. The predicted octanol–water partition coefficient (Wildman–Crippen LogP) is 0.773. The summed E-state index contributed by atoms with van der Waals surface area (Å²) in [6, 6.07) is 0.369. The molecule has 0 aromatic heterocycles. The first-order valence-corrected chi connectivity index (χ1v) is 5.38. The Hall–Kier alpha value is -0.610. The molecule has 0 fully saturated rings. The van der Waals surface area contributed by atoms with Gasteiger partial charge >= 0.3 is 0 Å². The van der Waals surface area contributed by atoms with Gasteiger partial charge in [-0.1, -0.05) is 0 Å². The first-order chi connectivity index (χ1) is 6.94. The quantitative estimate of drug-likeness (QED) is 0.661. The molecule has 0 aromatic rings. The van der Waals surface area contributed by atoms with Gasteiger partial charge in [0.2, 0.25) is 5.91 Å². The average molecular weight is 216 g/mol. The fraction of sp³-hybridized carbons (Fsp3) is 0.909. The van der Waals surface area contributed by atoms with Crippen molar-refractivity contribution >= 4 is 5.91 Å². The summed E-state index contributed by atoms with van der Waals surface area (Å²) in [4.78, 5) is 11.5. The summed E-state index contributed by atoms with van der Waals surface area (Å²) in [5, 5.41) is 6.00. The zero-order chi connectivity index (χ0) is 11.9. The van der Waals surface area contributed by atoms with Crippen LogP contribution in [-0.2, 0) is 9.53 Å². The number of hydrogen-bond acceptors (Lipinski definition) is 3. The lowest BCUT2D eigenvalue weighted by atomic mass is 9.92. The smallest absolute Gasteiger partial charge is 0.226 e. The molecule has 0 rings (SSSR count). The van der Waals surface area contributed by atoms with Crippen LogP contribution in [0.15, 0.2) is 0 Å². The average Bonchev–Trinajstić information content (AvgIpc) is 2.22. The van der Waals surface area contributed by atoms with Crippen LogP contribution in [0.1, 0.15) is 27.2 Å².